The van der Waals surface area contributed by atoms with Crippen molar-refractivity contribution in [3.05, 3.63) is 34.1 Å². The summed E-state index contributed by atoms with van der Waals surface area (Å²) >= 11 is 5.64. The average Bonchev–Trinajstić information content (AvgIpc) is 2.71. The fraction of sp³-hybridized carbons (Fsp3) is 0.524. The van der Waals surface area contributed by atoms with Crippen molar-refractivity contribution >= 4 is 28.2 Å². The first kappa shape index (κ1) is 19.1. The standard InChI is InChI=1S/C21H27N3O3S/c1-2-22-21(28)24(16-6-4-3-5-7-16)13-15-10-14-11-18-19(27-9-8-26-18)12-17(14)23-20(15)25/h10-12,16H,2-9,13H2,1H3,(H,22,28)(H,23,25). The number of rotatable bonds is 4. The van der Waals surface area contributed by atoms with E-state index < -0.39 is 0 Å². The third-order valence-corrected chi connectivity index (χ3v) is 5.91. The van der Waals surface area contributed by atoms with Crippen LogP contribution in [0.15, 0.2) is 23.0 Å². The summed E-state index contributed by atoms with van der Waals surface area (Å²) in [6.45, 7) is 4.40. The molecule has 0 saturated heterocycles. The van der Waals surface area contributed by atoms with Crippen molar-refractivity contribution in [3.63, 3.8) is 0 Å². The minimum atomic E-state index is -0.0794. The van der Waals surface area contributed by atoms with E-state index in [-0.39, 0.29) is 5.56 Å². The van der Waals surface area contributed by atoms with Gasteiger partial charge in [0, 0.05) is 29.6 Å². The first-order valence-corrected chi connectivity index (χ1v) is 10.6. The normalized spacial score (nSPS) is 16.8. The van der Waals surface area contributed by atoms with E-state index in [9.17, 15) is 4.79 Å². The van der Waals surface area contributed by atoms with Gasteiger partial charge in [-0.3, -0.25) is 4.79 Å². The van der Waals surface area contributed by atoms with Crippen LogP contribution in [0.5, 0.6) is 11.5 Å². The lowest BCUT2D eigenvalue weighted by atomic mass is 9.94. The van der Waals surface area contributed by atoms with Crippen molar-refractivity contribution in [2.24, 2.45) is 0 Å². The Hall–Kier alpha value is -2.28. The van der Waals surface area contributed by atoms with Crippen LogP contribution in [0, 0.1) is 0 Å². The molecule has 28 heavy (non-hydrogen) atoms. The number of pyridine rings is 1. The summed E-state index contributed by atoms with van der Waals surface area (Å²) in [4.78, 5) is 18.0. The van der Waals surface area contributed by atoms with E-state index >= 15 is 0 Å². The Bertz CT molecular complexity index is 921. The van der Waals surface area contributed by atoms with Crippen LogP contribution >= 0.6 is 12.2 Å². The monoisotopic (exact) mass is 401 g/mol. The third-order valence-electron chi connectivity index (χ3n) is 5.53. The number of benzene rings is 1. The van der Waals surface area contributed by atoms with Gasteiger partial charge in [0.2, 0.25) is 0 Å². The molecule has 0 amide bonds. The second-order valence-corrected chi connectivity index (χ2v) is 7.85. The molecule has 4 rings (SSSR count). The van der Waals surface area contributed by atoms with Crippen molar-refractivity contribution in [1.29, 1.82) is 0 Å². The maximum absolute atomic E-state index is 12.8. The first-order valence-electron chi connectivity index (χ1n) is 10.2. The molecule has 2 heterocycles. The molecule has 0 unspecified atom stereocenters. The van der Waals surface area contributed by atoms with E-state index in [0.29, 0.717) is 31.5 Å². The number of hydrogen-bond acceptors (Lipinski definition) is 4. The zero-order chi connectivity index (χ0) is 19.5. The van der Waals surface area contributed by atoms with Gasteiger partial charge in [-0.15, -0.1) is 0 Å². The van der Waals surface area contributed by atoms with Gasteiger partial charge in [0.15, 0.2) is 16.6 Å². The van der Waals surface area contributed by atoms with Crippen molar-refractivity contribution < 1.29 is 9.47 Å². The molecule has 1 fully saturated rings. The zero-order valence-corrected chi connectivity index (χ0v) is 17.1. The molecule has 1 aliphatic carbocycles. The van der Waals surface area contributed by atoms with Crippen LogP contribution in [0.25, 0.3) is 10.9 Å². The summed E-state index contributed by atoms with van der Waals surface area (Å²) in [6.07, 6.45) is 5.95. The number of H-pyrrole nitrogens is 1. The molecule has 6 nitrogen and oxygen atoms in total. The minimum Gasteiger partial charge on any atom is -0.486 e. The number of aromatic nitrogens is 1. The molecule has 1 aromatic carbocycles. The molecule has 1 saturated carbocycles. The van der Waals surface area contributed by atoms with E-state index in [1.54, 1.807) is 0 Å². The topological polar surface area (TPSA) is 66.6 Å². The molecule has 1 aromatic heterocycles. The fourth-order valence-electron chi connectivity index (χ4n) is 4.10. The number of nitrogens with zero attached hydrogens (tertiary/aromatic N) is 1. The van der Waals surface area contributed by atoms with Gasteiger partial charge in [-0.2, -0.15) is 0 Å². The van der Waals surface area contributed by atoms with Crippen LogP contribution in [-0.2, 0) is 6.54 Å². The second kappa shape index (κ2) is 8.39. The molecule has 0 spiro atoms. The van der Waals surface area contributed by atoms with Crippen LogP contribution in [0.3, 0.4) is 0 Å². The number of hydrogen-bond donors (Lipinski definition) is 2. The minimum absolute atomic E-state index is 0.0794. The molecule has 1 aliphatic heterocycles. The van der Waals surface area contributed by atoms with Crippen LogP contribution in [0.4, 0.5) is 0 Å². The maximum Gasteiger partial charge on any atom is 0.253 e. The van der Waals surface area contributed by atoms with Gasteiger partial charge in [0.1, 0.15) is 13.2 Å². The highest BCUT2D eigenvalue weighted by atomic mass is 32.1. The summed E-state index contributed by atoms with van der Waals surface area (Å²) in [5.41, 5.74) is 1.40. The Morgan fingerprint density at radius 3 is 2.61 bits per heavy atom. The lowest BCUT2D eigenvalue weighted by Crippen LogP contribution is -2.47. The van der Waals surface area contributed by atoms with Gasteiger partial charge in [0.25, 0.3) is 5.56 Å². The fourth-order valence-corrected chi connectivity index (χ4v) is 4.46. The molecule has 0 atom stereocenters. The molecule has 2 aromatic rings. The quantitative estimate of drug-likeness (QED) is 0.766. The Labute approximate surface area is 170 Å². The van der Waals surface area contributed by atoms with Gasteiger partial charge in [0.05, 0.1) is 12.1 Å². The highest BCUT2D eigenvalue weighted by molar-refractivity contribution is 7.80. The smallest absolute Gasteiger partial charge is 0.253 e. The number of fused-ring (bicyclic) bond motifs is 2. The van der Waals surface area contributed by atoms with Gasteiger partial charge in [-0.05, 0) is 44.1 Å². The van der Waals surface area contributed by atoms with E-state index in [1.165, 1.54) is 19.3 Å². The van der Waals surface area contributed by atoms with Crippen LogP contribution < -0.4 is 20.3 Å². The van der Waals surface area contributed by atoms with E-state index in [1.807, 2.05) is 25.1 Å². The highest BCUT2D eigenvalue weighted by Gasteiger charge is 2.24. The lowest BCUT2D eigenvalue weighted by molar-refractivity contribution is 0.172. The average molecular weight is 402 g/mol. The number of aromatic amines is 1. The van der Waals surface area contributed by atoms with Gasteiger partial charge in [-0.25, -0.2) is 0 Å². The molecule has 2 aliphatic rings. The number of ether oxygens (including phenoxy) is 2. The van der Waals surface area contributed by atoms with E-state index in [4.69, 9.17) is 21.7 Å². The summed E-state index contributed by atoms with van der Waals surface area (Å²) in [6, 6.07) is 6.13. The Kier molecular flexibility index (Phi) is 5.71. The maximum atomic E-state index is 12.8. The zero-order valence-electron chi connectivity index (χ0n) is 16.3. The summed E-state index contributed by atoms with van der Waals surface area (Å²) < 4.78 is 11.3. The largest absolute Gasteiger partial charge is 0.486 e. The molecule has 0 bridgehead atoms. The summed E-state index contributed by atoms with van der Waals surface area (Å²) in [5.74, 6) is 1.41. The second-order valence-electron chi connectivity index (χ2n) is 7.46. The first-order chi connectivity index (χ1) is 13.7. The predicted molar refractivity (Wildman–Crippen MR) is 114 cm³/mol. The molecular weight excluding hydrogens is 374 g/mol. The Balaban J connectivity index is 1.66. The van der Waals surface area contributed by atoms with Gasteiger partial charge in [-0.1, -0.05) is 19.3 Å². The highest BCUT2D eigenvalue weighted by Crippen LogP contribution is 2.34. The molecule has 0 radical (unpaired) electrons. The van der Waals surface area contributed by atoms with Crippen molar-refractivity contribution in [2.45, 2.75) is 51.6 Å². The van der Waals surface area contributed by atoms with Crippen molar-refractivity contribution in [2.75, 3.05) is 19.8 Å². The van der Waals surface area contributed by atoms with E-state index in [0.717, 1.165) is 46.7 Å². The van der Waals surface area contributed by atoms with Gasteiger partial charge >= 0.3 is 0 Å². The SMILES string of the molecule is CCNC(=S)N(Cc1cc2cc3c(cc2[nH]c1=O)OCCO3)C1CCCCC1. The van der Waals surface area contributed by atoms with Crippen LogP contribution in [-0.4, -0.2) is 40.8 Å². The number of nitrogens with one attached hydrogen (secondary N) is 2. The summed E-state index contributed by atoms with van der Waals surface area (Å²) in [5, 5.41) is 4.94. The van der Waals surface area contributed by atoms with E-state index in [2.05, 4.69) is 15.2 Å². The Morgan fingerprint density at radius 1 is 1.18 bits per heavy atom. The van der Waals surface area contributed by atoms with Crippen molar-refractivity contribution in [1.82, 2.24) is 15.2 Å². The van der Waals surface area contributed by atoms with Crippen LogP contribution in [0.2, 0.25) is 0 Å². The third kappa shape index (κ3) is 3.94. The van der Waals surface area contributed by atoms with Crippen LogP contribution in [0.1, 0.15) is 44.6 Å². The van der Waals surface area contributed by atoms with Crippen molar-refractivity contribution in [3.8, 4) is 11.5 Å². The Morgan fingerprint density at radius 2 is 1.89 bits per heavy atom. The predicted octanol–water partition coefficient (Wildman–Crippen LogP) is 3.33. The molecule has 7 heteroatoms. The van der Waals surface area contributed by atoms with Gasteiger partial charge < -0.3 is 24.7 Å². The molecular formula is C21H27N3O3S. The number of thiocarbonyl (C=S) groups is 1. The lowest BCUT2D eigenvalue weighted by Gasteiger charge is -2.36. The molecule has 150 valence electrons. The summed E-state index contributed by atoms with van der Waals surface area (Å²) in [7, 11) is 0. The molecule has 2 N–H and O–H groups in total.